The Morgan fingerprint density at radius 3 is 2.21 bits per heavy atom. The van der Waals surface area contributed by atoms with Gasteiger partial charge in [0.2, 0.25) is 5.91 Å². The van der Waals surface area contributed by atoms with Crippen LogP contribution in [0.5, 0.6) is 0 Å². The van der Waals surface area contributed by atoms with Gasteiger partial charge in [0, 0.05) is 44.0 Å². The van der Waals surface area contributed by atoms with Crippen LogP contribution in [0.1, 0.15) is 105 Å². The number of aromatic nitrogens is 1. The molecule has 1 heterocycles. The van der Waals surface area contributed by atoms with Crippen LogP contribution in [0.25, 0.3) is 0 Å². The second-order valence-electron chi connectivity index (χ2n) is 8.35. The molecule has 7 nitrogen and oxygen atoms in total. The van der Waals surface area contributed by atoms with E-state index in [1.54, 1.807) is 18.7 Å². The minimum atomic E-state index is -0.421. The fourth-order valence-electron chi connectivity index (χ4n) is 4.25. The number of hydrogen-bond acceptors (Lipinski definition) is 5. The second-order valence-corrected chi connectivity index (χ2v) is 8.35. The van der Waals surface area contributed by atoms with E-state index in [0.717, 1.165) is 31.4 Å². The van der Waals surface area contributed by atoms with Crippen LogP contribution in [0.4, 0.5) is 0 Å². The van der Waals surface area contributed by atoms with Crippen molar-refractivity contribution in [3.63, 3.8) is 0 Å². The van der Waals surface area contributed by atoms with Crippen LogP contribution in [-0.2, 0) is 20.8 Å². The first-order chi connectivity index (χ1) is 15.8. The van der Waals surface area contributed by atoms with Crippen molar-refractivity contribution in [3.8, 4) is 0 Å². The van der Waals surface area contributed by atoms with Crippen molar-refractivity contribution in [2.75, 3.05) is 32.9 Å². The molecule has 0 bridgehead atoms. The summed E-state index contributed by atoms with van der Waals surface area (Å²) in [4.78, 5) is 40.5. The van der Waals surface area contributed by atoms with Crippen LogP contribution in [0.2, 0.25) is 0 Å². The molecule has 0 aliphatic carbocycles. The molecule has 0 radical (unpaired) electrons. The molecule has 0 aliphatic rings. The molecule has 1 aromatic rings. The third-order valence-electron chi connectivity index (χ3n) is 5.93. The number of hydrogen-bond donors (Lipinski definition) is 0. The first-order valence-corrected chi connectivity index (χ1v) is 12.6. The lowest BCUT2D eigenvalue weighted by molar-refractivity contribution is -0.131. The van der Waals surface area contributed by atoms with Crippen LogP contribution < -0.4 is 0 Å². The summed E-state index contributed by atoms with van der Waals surface area (Å²) < 4.78 is 12.5. The van der Waals surface area contributed by atoms with E-state index in [1.165, 1.54) is 6.42 Å². The van der Waals surface area contributed by atoms with E-state index in [0.29, 0.717) is 56.0 Å². The highest BCUT2D eigenvalue weighted by atomic mass is 16.5. The fourth-order valence-corrected chi connectivity index (χ4v) is 4.25. The highest BCUT2D eigenvalue weighted by molar-refractivity contribution is 6.04. The zero-order valence-corrected chi connectivity index (χ0v) is 21.6. The summed E-state index contributed by atoms with van der Waals surface area (Å²) in [6.45, 7) is 14.0. The average molecular weight is 465 g/mol. The number of unbranched alkanes of at least 4 members (excludes halogenated alkanes) is 4. The summed E-state index contributed by atoms with van der Waals surface area (Å²) in [5.41, 5.74) is 2.30. The summed E-state index contributed by atoms with van der Waals surface area (Å²) in [6.07, 6.45) is 6.48. The predicted octanol–water partition coefficient (Wildman–Crippen LogP) is 5.10. The van der Waals surface area contributed by atoms with Crippen molar-refractivity contribution in [2.45, 2.75) is 93.0 Å². The Kier molecular flexibility index (Phi) is 13.7. The molecule has 1 rings (SSSR count). The summed E-state index contributed by atoms with van der Waals surface area (Å²) in [5, 5.41) is 0. The summed E-state index contributed by atoms with van der Waals surface area (Å²) in [5.74, 6) is -0.554. The zero-order chi connectivity index (χ0) is 24.8. The van der Waals surface area contributed by atoms with Gasteiger partial charge in [0.05, 0.1) is 13.2 Å². The van der Waals surface area contributed by atoms with Crippen LogP contribution in [-0.4, -0.2) is 60.0 Å². The molecule has 0 saturated heterocycles. The molecular formula is C26H44N2O5. The maximum atomic E-state index is 13.4. The van der Waals surface area contributed by atoms with Gasteiger partial charge in [0.15, 0.2) is 5.78 Å². The van der Waals surface area contributed by atoms with Gasteiger partial charge in [-0.2, -0.15) is 0 Å². The maximum Gasteiger partial charge on any atom is 0.355 e. The Labute approximate surface area is 199 Å². The number of carbonyl (C=O) groups is 3. The lowest BCUT2D eigenvalue weighted by Gasteiger charge is -2.22. The van der Waals surface area contributed by atoms with E-state index in [-0.39, 0.29) is 24.8 Å². The molecule has 0 N–H and O–H groups in total. The van der Waals surface area contributed by atoms with E-state index in [4.69, 9.17) is 9.47 Å². The van der Waals surface area contributed by atoms with E-state index in [1.807, 2.05) is 25.3 Å². The molecule has 0 aromatic carbocycles. The Bertz CT molecular complexity index is 769. The smallest absolute Gasteiger partial charge is 0.355 e. The minimum absolute atomic E-state index is 0.00666. The summed E-state index contributed by atoms with van der Waals surface area (Å²) in [7, 11) is 0. The third-order valence-corrected chi connectivity index (χ3v) is 5.93. The van der Waals surface area contributed by atoms with Crippen molar-refractivity contribution < 1.29 is 23.9 Å². The number of rotatable bonds is 17. The largest absolute Gasteiger partial charge is 0.461 e. The minimum Gasteiger partial charge on any atom is -0.461 e. The van der Waals surface area contributed by atoms with Crippen molar-refractivity contribution in [1.82, 2.24) is 9.47 Å². The summed E-state index contributed by atoms with van der Waals surface area (Å²) >= 11 is 0. The third kappa shape index (κ3) is 8.61. The topological polar surface area (TPSA) is 77.8 Å². The number of esters is 1. The molecule has 0 atom stereocenters. The Balaban J connectivity index is 3.02. The molecule has 0 saturated carbocycles. The standard InChI is InChI=1S/C26H44N2O5/c1-7-11-12-13-14-16-23(30)27(17-15-18-32-9-3)19-22(29)24-20(5)25(26(31)33-10-4)28(8-2)21(24)6/h7-19H2,1-6H3. The van der Waals surface area contributed by atoms with Gasteiger partial charge in [-0.3, -0.25) is 9.59 Å². The summed E-state index contributed by atoms with van der Waals surface area (Å²) in [6, 6.07) is 0. The quantitative estimate of drug-likeness (QED) is 0.182. The lowest BCUT2D eigenvalue weighted by atomic mass is 10.0. The van der Waals surface area contributed by atoms with Crippen LogP contribution in [0, 0.1) is 13.8 Å². The van der Waals surface area contributed by atoms with Crippen LogP contribution in [0.15, 0.2) is 0 Å². The van der Waals surface area contributed by atoms with Crippen molar-refractivity contribution in [2.24, 2.45) is 0 Å². The van der Waals surface area contributed by atoms with E-state index < -0.39 is 5.97 Å². The highest BCUT2D eigenvalue weighted by Gasteiger charge is 2.28. The van der Waals surface area contributed by atoms with E-state index in [2.05, 4.69) is 6.92 Å². The fraction of sp³-hybridized carbons (Fsp3) is 0.731. The van der Waals surface area contributed by atoms with Gasteiger partial charge < -0.3 is 18.9 Å². The molecule has 188 valence electrons. The molecule has 0 unspecified atom stereocenters. The molecule has 1 amide bonds. The van der Waals surface area contributed by atoms with Crippen molar-refractivity contribution >= 4 is 17.7 Å². The first-order valence-electron chi connectivity index (χ1n) is 12.6. The Morgan fingerprint density at radius 2 is 1.61 bits per heavy atom. The van der Waals surface area contributed by atoms with Crippen LogP contribution in [0.3, 0.4) is 0 Å². The van der Waals surface area contributed by atoms with Gasteiger partial charge in [-0.1, -0.05) is 32.6 Å². The number of amides is 1. The zero-order valence-electron chi connectivity index (χ0n) is 21.6. The van der Waals surface area contributed by atoms with E-state index >= 15 is 0 Å². The van der Waals surface area contributed by atoms with Gasteiger partial charge >= 0.3 is 5.97 Å². The molecular weight excluding hydrogens is 420 g/mol. The predicted molar refractivity (Wildman–Crippen MR) is 131 cm³/mol. The highest BCUT2D eigenvalue weighted by Crippen LogP contribution is 2.24. The first kappa shape index (κ1) is 28.9. The average Bonchev–Trinajstić information content (AvgIpc) is 3.04. The van der Waals surface area contributed by atoms with Crippen molar-refractivity contribution in [3.05, 3.63) is 22.5 Å². The number of nitrogens with zero attached hydrogens (tertiary/aromatic N) is 2. The Hall–Kier alpha value is -2.15. The van der Waals surface area contributed by atoms with Gasteiger partial charge in [-0.05, 0) is 53.0 Å². The molecule has 33 heavy (non-hydrogen) atoms. The Morgan fingerprint density at radius 1 is 0.909 bits per heavy atom. The SMILES string of the molecule is CCCCCCCC(=O)N(CCCOCC)CC(=O)c1c(C)c(C(=O)OCC)n(CC)c1C. The normalized spacial score (nSPS) is 11.0. The molecule has 7 heteroatoms. The van der Waals surface area contributed by atoms with Gasteiger partial charge in [0.1, 0.15) is 5.69 Å². The monoisotopic (exact) mass is 464 g/mol. The van der Waals surface area contributed by atoms with Gasteiger partial charge in [0.25, 0.3) is 0 Å². The van der Waals surface area contributed by atoms with Gasteiger partial charge in [-0.25, -0.2) is 4.79 Å². The van der Waals surface area contributed by atoms with E-state index in [9.17, 15) is 14.4 Å². The maximum absolute atomic E-state index is 13.4. The second kappa shape index (κ2) is 15.6. The lowest BCUT2D eigenvalue weighted by Crippen LogP contribution is -2.37. The van der Waals surface area contributed by atoms with Gasteiger partial charge in [-0.15, -0.1) is 0 Å². The number of carbonyl (C=O) groups excluding carboxylic acids is 3. The number of Topliss-reactive ketones (excluding diaryl/α,β-unsaturated/α-hetero) is 1. The molecule has 0 fully saturated rings. The molecule has 0 spiro atoms. The van der Waals surface area contributed by atoms with Crippen molar-refractivity contribution in [1.29, 1.82) is 0 Å². The van der Waals surface area contributed by atoms with Crippen LogP contribution >= 0.6 is 0 Å². The molecule has 0 aliphatic heterocycles. The number of ketones is 1. The molecule has 1 aromatic heterocycles. The number of ether oxygens (including phenoxy) is 2.